The number of nitrogens with two attached hydrogens (primary N) is 1. The molecule has 1 unspecified atom stereocenters. The quantitative estimate of drug-likeness (QED) is 0.746. The van der Waals surface area contributed by atoms with Gasteiger partial charge in [0, 0.05) is 12.6 Å². The van der Waals surface area contributed by atoms with Crippen LogP contribution >= 0.6 is 0 Å². The molecule has 1 aromatic heterocycles. The molecule has 1 saturated heterocycles. The van der Waals surface area contributed by atoms with E-state index in [9.17, 15) is 4.79 Å². The van der Waals surface area contributed by atoms with Gasteiger partial charge in [-0.25, -0.2) is 9.67 Å². The Hall–Kier alpha value is -1.59. The van der Waals surface area contributed by atoms with Crippen molar-refractivity contribution in [2.45, 2.75) is 32.4 Å². The van der Waals surface area contributed by atoms with Gasteiger partial charge in [-0.3, -0.25) is 4.79 Å². The molecule has 0 aliphatic carbocycles. The predicted octanol–water partition coefficient (Wildman–Crippen LogP) is 0.0421. The van der Waals surface area contributed by atoms with Crippen LogP contribution in [0.1, 0.15) is 26.3 Å². The molecule has 1 fully saturated rings. The molecule has 15 heavy (non-hydrogen) atoms. The van der Waals surface area contributed by atoms with Crippen molar-refractivity contribution in [2.24, 2.45) is 0 Å². The van der Waals surface area contributed by atoms with E-state index in [2.05, 4.69) is 10.1 Å². The van der Waals surface area contributed by atoms with Gasteiger partial charge < -0.3 is 10.6 Å². The van der Waals surface area contributed by atoms with E-state index in [1.165, 1.54) is 6.33 Å². The van der Waals surface area contributed by atoms with Crippen molar-refractivity contribution in [3.05, 3.63) is 6.33 Å². The standard InChI is InChI=1S/C9H15N5O/c1-6(2)13-4-3-7(8(13)15)14-5-11-9(10)12-14/h5-7H,3-4H2,1-2H3,(H2,10,12). The highest BCUT2D eigenvalue weighted by Gasteiger charge is 2.34. The number of amides is 1. The topological polar surface area (TPSA) is 77.0 Å². The van der Waals surface area contributed by atoms with Gasteiger partial charge in [-0.15, -0.1) is 5.10 Å². The van der Waals surface area contributed by atoms with Crippen molar-refractivity contribution in [1.82, 2.24) is 19.7 Å². The summed E-state index contributed by atoms with van der Waals surface area (Å²) in [6, 6.07) is 0.0144. The molecule has 2 heterocycles. The lowest BCUT2D eigenvalue weighted by Crippen LogP contribution is -2.34. The number of anilines is 1. The van der Waals surface area contributed by atoms with Crippen molar-refractivity contribution in [3.63, 3.8) is 0 Å². The summed E-state index contributed by atoms with van der Waals surface area (Å²) in [5.41, 5.74) is 5.42. The number of nitrogen functional groups attached to an aromatic ring is 1. The Morgan fingerprint density at radius 2 is 2.33 bits per heavy atom. The summed E-state index contributed by atoms with van der Waals surface area (Å²) < 4.78 is 1.56. The van der Waals surface area contributed by atoms with Crippen LogP contribution in [0.25, 0.3) is 0 Å². The molecule has 1 amide bonds. The van der Waals surface area contributed by atoms with E-state index in [0.717, 1.165) is 13.0 Å². The number of nitrogens with zero attached hydrogens (tertiary/aromatic N) is 4. The van der Waals surface area contributed by atoms with Gasteiger partial charge in [-0.05, 0) is 20.3 Å². The summed E-state index contributed by atoms with van der Waals surface area (Å²) in [4.78, 5) is 17.6. The molecule has 0 bridgehead atoms. The van der Waals surface area contributed by atoms with Gasteiger partial charge in [-0.2, -0.15) is 0 Å². The molecule has 1 aromatic rings. The SMILES string of the molecule is CC(C)N1CCC(n2cnc(N)n2)C1=O. The van der Waals surface area contributed by atoms with Crippen LogP contribution in [0.5, 0.6) is 0 Å². The van der Waals surface area contributed by atoms with E-state index < -0.39 is 0 Å². The third kappa shape index (κ3) is 1.67. The fourth-order valence-electron chi connectivity index (χ4n) is 1.88. The Balaban J connectivity index is 2.17. The maximum Gasteiger partial charge on any atom is 0.247 e. The summed E-state index contributed by atoms with van der Waals surface area (Å²) in [5, 5.41) is 3.97. The highest BCUT2D eigenvalue weighted by molar-refractivity contribution is 5.82. The van der Waals surface area contributed by atoms with E-state index >= 15 is 0 Å². The number of hydrogen-bond donors (Lipinski definition) is 1. The van der Waals surface area contributed by atoms with Crippen molar-refractivity contribution in [1.29, 1.82) is 0 Å². The normalized spacial score (nSPS) is 21.7. The first kappa shape index (κ1) is 9.95. The highest BCUT2D eigenvalue weighted by atomic mass is 16.2. The number of hydrogen-bond acceptors (Lipinski definition) is 4. The molecule has 0 spiro atoms. The van der Waals surface area contributed by atoms with Crippen LogP contribution in [0, 0.1) is 0 Å². The Bertz CT molecular complexity index is 372. The lowest BCUT2D eigenvalue weighted by atomic mass is 10.2. The predicted molar refractivity (Wildman–Crippen MR) is 54.9 cm³/mol. The average molecular weight is 209 g/mol. The number of carbonyl (C=O) groups excluding carboxylic acids is 1. The van der Waals surface area contributed by atoms with Crippen molar-refractivity contribution < 1.29 is 4.79 Å². The zero-order valence-electron chi connectivity index (χ0n) is 8.92. The molecule has 0 aromatic carbocycles. The van der Waals surface area contributed by atoms with Gasteiger partial charge in [0.15, 0.2) is 0 Å². The second-order valence-corrected chi connectivity index (χ2v) is 4.01. The molecule has 6 nitrogen and oxygen atoms in total. The van der Waals surface area contributed by atoms with Crippen LogP contribution < -0.4 is 5.73 Å². The van der Waals surface area contributed by atoms with Gasteiger partial charge in [0.25, 0.3) is 0 Å². The van der Waals surface area contributed by atoms with E-state index in [4.69, 9.17) is 5.73 Å². The monoisotopic (exact) mass is 209 g/mol. The van der Waals surface area contributed by atoms with E-state index in [1.807, 2.05) is 18.7 Å². The number of likely N-dealkylation sites (tertiary alicyclic amines) is 1. The minimum Gasteiger partial charge on any atom is -0.367 e. The van der Waals surface area contributed by atoms with E-state index in [1.54, 1.807) is 4.68 Å². The van der Waals surface area contributed by atoms with E-state index in [-0.39, 0.29) is 23.9 Å². The highest BCUT2D eigenvalue weighted by Crippen LogP contribution is 2.23. The summed E-state index contributed by atoms with van der Waals surface area (Å²) in [5.74, 6) is 0.320. The first-order chi connectivity index (χ1) is 7.09. The fraction of sp³-hybridized carbons (Fsp3) is 0.667. The fourth-order valence-corrected chi connectivity index (χ4v) is 1.88. The van der Waals surface area contributed by atoms with E-state index in [0.29, 0.717) is 0 Å². The summed E-state index contributed by atoms with van der Waals surface area (Å²) in [6.45, 7) is 4.80. The van der Waals surface area contributed by atoms with Gasteiger partial charge >= 0.3 is 0 Å². The van der Waals surface area contributed by atoms with Crippen LogP contribution in [-0.4, -0.2) is 38.2 Å². The zero-order chi connectivity index (χ0) is 11.0. The maximum atomic E-state index is 12.0. The second-order valence-electron chi connectivity index (χ2n) is 4.01. The Morgan fingerprint density at radius 3 is 2.80 bits per heavy atom. The van der Waals surface area contributed by atoms with Crippen molar-refractivity contribution in [3.8, 4) is 0 Å². The van der Waals surface area contributed by atoms with Crippen LogP contribution in [0.2, 0.25) is 0 Å². The number of carbonyl (C=O) groups is 1. The first-order valence-electron chi connectivity index (χ1n) is 5.06. The lowest BCUT2D eigenvalue weighted by Gasteiger charge is -2.20. The molecule has 1 aliphatic heterocycles. The molecule has 82 valence electrons. The molecular weight excluding hydrogens is 194 g/mol. The molecule has 2 N–H and O–H groups in total. The summed E-state index contributed by atoms with van der Waals surface area (Å²) in [7, 11) is 0. The smallest absolute Gasteiger partial charge is 0.247 e. The van der Waals surface area contributed by atoms with Gasteiger partial charge in [0.05, 0.1) is 0 Å². The second kappa shape index (κ2) is 3.52. The Kier molecular flexibility index (Phi) is 2.34. The van der Waals surface area contributed by atoms with Crippen molar-refractivity contribution in [2.75, 3.05) is 12.3 Å². The van der Waals surface area contributed by atoms with Crippen LogP contribution in [-0.2, 0) is 4.79 Å². The zero-order valence-corrected chi connectivity index (χ0v) is 8.92. The molecule has 6 heteroatoms. The molecule has 1 atom stereocenters. The van der Waals surface area contributed by atoms with Gasteiger partial charge in [-0.1, -0.05) is 0 Å². The third-order valence-corrected chi connectivity index (χ3v) is 2.68. The lowest BCUT2D eigenvalue weighted by molar-refractivity contribution is -0.132. The molecule has 2 rings (SSSR count). The van der Waals surface area contributed by atoms with Crippen molar-refractivity contribution >= 4 is 11.9 Å². The molecule has 1 aliphatic rings. The summed E-state index contributed by atoms with van der Waals surface area (Å²) >= 11 is 0. The Labute approximate surface area is 88.1 Å². The minimum atomic E-state index is -0.225. The molecular formula is C9H15N5O. The average Bonchev–Trinajstić information content (AvgIpc) is 2.71. The van der Waals surface area contributed by atoms with Crippen LogP contribution in [0.15, 0.2) is 6.33 Å². The minimum absolute atomic E-state index is 0.106. The molecule has 0 saturated carbocycles. The van der Waals surface area contributed by atoms with Crippen LogP contribution in [0.3, 0.4) is 0 Å². The summed E-state index contributed by atoms with van der Waals surface area (Å²) in [6.07, 6.45) is 2.29. The number of rotatable bonds is 2. The maximum absolute atomic E-state index is 12.0. The van der Waals surface area contributed by atoms with Gasteiger partial charge in [0.1, 0.15) is 12.4 Å². The first-order valence-corrected chi connectivity index (χ1v) is 5.06. The third-order valence-electron chi connectivity index (χ3n) is 2.68. The molecule has 0 radical (unpaired) electrons. The van der Waals surface area contributed by atoms with Crippen LogP contribution in [0.4, 0.5) is 5.95 Å². The van der Waals surface area contributed by atoms with Gasteiger partial charge in [0.2, 0.25) is 11.9 Å². The Morgan fingerprint density at radius 1 is 1.60 bits per heavy atom. The number of aromatic nitrogens is 3. The largest absolute Gasteiger partial charge is 0.367 e.